The van der Waals surface area contributed by atoms with Crippen LogP contribution >= 0.6 is 22.6 Å². The molecule has 0 aliphatic heterocycles. The van der Waals surface area contributed by atoms with Crippen molar-refractivity contribution in [2.24, 2.45) is 0 Å². The van der Waals surface area contributed by atoms with Crippen LogP contribution in [0.5, 0.6) is 0 Å². The fourth-order valence-electron chi connectivity index (χ4n) is 1.61. The van der Waals surface area contributed by atoms with Gasteiger partial charge in [0.1, 0.15) is 11.6 Å². The van der Waals surface area contributed by atoms with Crippen molar-refractivity contribution in [3.63, 3.8) is 0 Å². The number of hydrogen-bond donors (Lipinski definition) is 1. The Morgan fingerprint density at radius 3 is 2.59 bits per heavy atom. The molecule has 0 bridgehead atoms. The minimum Gasteiger partial charge on any atom is -0.369 e. The fraction of sp³-hybridized carbons (Fsp3) is 0.667. The van der Waals surface area contributed by atoms with E-state index in [4.69, 9.17) is 0 Å². The lowest BCUT2D eigenvalue weighted by Gasteiger charge is -2.17. The summed E-state index contributed by atoms with van der Waals surface area (Å²) < 4.78 is 1.08. The van der Waals surface area contributed by atoms with Crippen LogP contribution in [-0.2, 0) is 6.42 Å². The highest BCUT2D eigenvalue weighted by Crippen LogP contribution is 2.14. The number of nitrogens with one attached hydrogen (secondary N) is 1. The molecule has 17 heavy (non-hydrogen) atoms. The summed E-state index contributed by atoms with van der Waals surface area (Å²) in [6.07, 6.45) is 2.81. The summed E-state index contributed by atoms with van der Waals surface area (Å²) >= 11 is 2.26. The van der Waals surface area contributed by atoms with Crippen LogP contribution in [0, 0.1) is 3.57 Å². The molecule has 0 aliphatic rings. The van der Waals surface area contributed by atoms with Gasteiger partial charge in [-0.25, -0.2) is 9.97 Å². The number of hydrogen-bond acceptors (Lipinski definition) is 4. The summed E-state index contributed by atoms with van der Waals surface area (Å²) in [5, 5.41) is 3.26. The molecule has 0 saturated carbocycles. The minimum atomic E-state index is 0.891. The van der Waals surface area contributed by atoms with Crippen LogP contribution in [0.1, 0.15) is 26.6 Å². The molecule has 1 aromatic rings. The minimum absolute atomic E-state index is 0.891. The van der Waals surface area contributed by atoms with Gasteiger partial charge in [-0.05, 0) is 42.6 Å². The average Bonchev–Trinajstić information content (AvgIpc) is 2.34. The summed E-state index contributed by atoms with van der Waals surface area (Å²) in [6, 6.07) is 0. The molecular weight excluding hydrogens is 327 g/mol. The maximum atomic E-state index is 4.55. The first-order chi connectivity index (χ1) is 8.21. The van der Waals surface area contributed by atoms with Gasteiger partial charge < -0.3 is 10.2 Å². The molecule has 4 nitrogen and oxygen atoms in total. The molecule has 1 heterocycles. The van der Waals surface area contributed by atoms with Gasteiger partial charge in [0, 0.05) is 25.7 Å². The van der Waals surface area contributed by atoms with Gasteiger partial charge in [-0.15, -0.1) is 0 Å². The molecule has 5 heteroatoms. The standard InChI is InChI=1S/C12H21IN4/c1-4-14-12-10(13)9-15-11(16-12)7-8-17(5-2)6-3/h9H,4-8H2,1-3H3,(H,14,15,16). The summed E-state index contributed by atoms with van der Waals surface area (Å²) in [4.78, 5) is 11.3. The van der Waals surface area contributed by atoms with Crippen molar-refractivity contribution >= 4 is 28.4 Å². The number of anilines is 1. The summed E-state index contributed by atoms with van der Waals surface area (Å²) in [7, 11) is 0. The zero-order chi connectivity index (χ0) is 12.7. The number of aromatic nitrogens is 2. The Bertz CT molecular complexity index is 339. The lowest BCUT2D eigenvalue weighted by molar-refractivity contribution is 0.306. The first-order valence-corrected chi connectivity index (χ1v) is 7.26. The highest BCUT2D eigenvalue weighted by Gasteiger charge is 2.06. The largest absolute Gasteiger partial charge is 0.369 e. The molecule has 1 rings (SSSR count). The molecule has 0 atom stereocenters. The van der Waals surface area contributed by atoms with E-state index in [9.17, 15) is 0 Å². The van der Waals surface area contributed by atoms with Crippen LogP contribution in [-0.4, -0.2) is 41.0 Å². The molecule has 0 fully saturated rings. The molecule has 0 saturated heterocycles. The van der Waals surface area contributed by atoms with Crippen LogP contribution in [0.25, 0.3) is 0 Å². The predicted molar refractivity (Wildman–Crippen MR) is 80.4 cm³/mol. The summed E-state index contributed by atoms with van der Waals surface area (Å²) in [5.74, 6) is 1.88. The Balaban J connectivity index is 2.62. The van der Waals surface area contributed by atoms with E-state index in [1.165, 1.54) is 0 Å². The van der Waals surface area contributed by atoms with Crippen molar-refractivity contribution in [1.29, 1.82) is 0 Å². The maximum Gasteiger partial charge on any atom is 0.143 e. The molecule has 96 valence electrons. The predicted octanol–water partition coefficient (Wildman–Crippen LogP) is 2.40. The Morgan fingerprint density at radius 2 is 2.00 bits per heavy atom. The van der Waals surface area contributed by atoms with Crippen LogP contribution in [0.15, 0.2) is 6.20 Å². The van der Waals surface area contributed by atoms with Crippen LogP contribution in [0.4, 0.5) is 5.82 Å². The van der Waals surface area contributed by atoms with Gasteiger partial charge in [-0.2, -0.15) is 0 Å². The zero-order valence-corrected chi connectivity index (χ0v) is 13.0. The first kappa shape index (κ1) is 14.6. The monoisotopic (exact) mass is 348 g/mol. The van der Waals surface area contributed by atoms with E-state index in [1.54, 1.807) is 0 Å². The van der Waals surface area contributed by atoms with Crippen molar-refractivity contribution < 1.29 is 0 Å². The van der Waals surface area contributed by atoms with Gasteiger partial charge in [0.2, 0.25) is 0 Å². The Kier molecular flexibility index (Phi) is 6.72. The number of halogens is 1. The fourth-order valence-corrected chi connectivity index (χ4v) is 2.06. The second kappa shape index (κ2) is 7.81. The molecule has 0 radical (unpaired) electrons. The van der Waals surface area contributed by atoms with Crippen molar-refractivity contribution in [2.45, 2.75) is 27.2 Å². The molecule has 0 unspecified atom stereocenters. The second-order valence-corrected chi connectivity index (χ2v) is 4.95. The second-order valence-electron chi connectivity index (χ2n) is 3.79. The van der Waals surface area contributed by atoms with Gasteiger partial charge in [0.25, 0.3) is 0 Å². The average molecular weight is 348 g/mol. The smallest absolute Gasteiger partial charge is 0.143 e. The van der Waals surface area contributed by atoms with Gasteiger partial charge in [-0.1, -0.05) is 13.8 Å². The van der Waals surface area contributed by atoms with E-state index < -0.39 is 0 Å². The van der Waals surface area contributed by atoms with E-state index in [0.29, 0.717) is 0 Å². The van der Waals surface area contributed by atoms with Crippen molar-refractivity contribution in [3.05, 3.63) is 15.6 Å². The summed E-state index contributed by atoms with van der Waals surface area (Å²) in [6.45, 7) is 10.5. The maximum absolute atomic E-state index is 4.55. The molecule has 0 spiro atoms. The Labute approximate surface area is 117 Å². The third kappa shape index (κ3) is 4.75. The molecular formula is C12H21IN4. The van der Waals surface area contributed by atoms with E-state index >= 15 is 0 Å². The Morgan fingerprint density at radius 1 is 1.29 bits per heavy atom. The van der Waals surface area contributed by atoms with Gasteiger partial charge in [0.05, 0.1) is 3.57 Å². The van der Waals surface area contributed by atoms with Crippen molar-refractivity contribution in [2.75, 3.05) is 31.5 Å². The molecule has 1 aromatic heterocycles. The van der Waals surface area contributed by atoms with Crippen LogP contribution < -0.4 is 5.32 Å². The highest BCUT2D eigenvalue weighted by molar-refractivity contribution is 14.1. The van der Waals surface area contributed by atoms with Crippen LogP contribution in [0.2, 0.25) is 0 Å². The van der Waals surface area contributed by atoms with Gasteiger partial charge in [-0.3, -0.25) is 0 Å². The molecule has 1 N–H and O–H groups in total. The SMILES string of the molecule is CCNc1nc(CCN(CC)CC)ncc1I. The quantitative estimate of drug-likeness (QED) is 0.769. The van der Waals surface area contributed by atoms with E-state index in [2.05, 4.69) is 63.5 Å². The van der Waals surface area contributed by atoms with E-state index in [-0.39, 0.29) is 0 Å². The topological polar surface area (TPSA) is 41.1 Å². The zero-order valence-electron chi connectivity index (χ0n) is 10.8. The Hall–Kier alpha value is -0.430. The molecule has 0 aliphatic carbocycles. The highest BCUT2D eigenvalue weighted by atomic mass is 127. The molecule has 0 amide bonds. The van der Waals surface area contributed by atoms with Crippen molar-refractivity contribution in [1.82, 2.24) is 14.9 Å². The first-order valence-electron chi connectivity index (χ1n) is 6.18. The third-order valence-electron chi connectivity index (χ3n) is 2.68. The number of likely N-dealkylation sites (N-methyl/N-ethyl adjacent to an activating group) is 1. The number of rotatable bonds is 7. The normalized spacial score (nSPS) is 10.9. The lowest BCUT2D eigenvalue weighted by Crippen LogP contribution is -2.26. The third-order valence-corrected chi connectivity index (χ3v) is 3.47. The number of nitrogens with zero attached hydrogens (tertiary/aromatic N) is 3. The van der Waals surface area contributed by atoms with E-state index in [0.717, 1.165) is 47.8 Å². The van der Waals surface area contributed by atoms with E-state index in [1.807, 2.05) is 6.20 Å². The summed E-state index contributed by atoms with van der Waals surface area (Å²) in [5.41, 5.74) is 0. The van der Waals surface area contributed by atoms with Gasteiger partial charge in [0.15, 0.2) is 0 Å². The molecule has 0 aromatic carbocycles. The lowest BCUT2D eigenvalue weighted by atomic mass is 10.3. The van der Waals surface area contributed by atoms with Crippen molar-refractivity contribution in [3.8, 4) is 0 Å². The van der Waals surface area contributed by atoms with Gasteiger partial charge >= 0.3 is 0 Å². The van der Waals surface area contributed by atoms with Crippen LogP contribution in [0.3, 0.4) is 0 Å².